The fraction of sp³-hybridized carbons (Fsp3) is 0.238. The highest BCUT2D eigenvalue weighted by atomic mass is 35.5. The summed E-state index contributed by atoms with van der Waals surface area (Å²) in [7, 11) is 0. The molecule has 2 N–H and O–H groups in total. The zero-order valence-electron chi connectivity index (χ0n) is 16.1. The molecule has 5 nitrogen and oxygen atoms in total. The van der Waals surface area contributed by atoms with Crippen molar-refractivity contribution in [3.63, 3.8) is 0 Å². The molecule has 0 aliphatic rings. The number of aromatic nitrogens is 2. The van der Waals surface area contributed by atoms with Crippen LogP contribution in [0.1, 0.15) is 23.9 Å². The average Bonchev–Trinajstić information content (AvgIpc) is 2.93. The summed E-state index contributed by atoms with van der Waals surface area (Å²) in [6.45, 7) is 7.27. The van der Waals surface area contributed by atoms with Crippen molar-refractivity contribution in [2.24, 2.45) is 0 Å². The number of nitrogens with one attached hydrogen (secondary N) is 2. The lowest BCUT2D eigenvalue weighted by molar-refractivity contribution is 0.340. The molecular weight excluding hydrogens is 392 g/mol. The monoisotopic (exact) mass is 414 g/mol. The number of benzene rings is 2. The maximum absolute atomic E-state index is 5.96. The van der Waals surface area contributed by atoms with Gasteiger partial charge in [0.15, 0.2) is 5.11 Å². The Labute approximate surface area is 175 Å². The number of halogens is 1. The smallest absolute Gasteiger partial charge is 0.175 e. The van der Waals surface area contributed by atoms with E-state index < -0.39 is 0 Å². The Kier molecular flexibility index (Phi) is 6.54. The Balaban J connectivity index is 1.67. The van der Waals surface area contributed by atoms with Crippen LogP contribution in [0.15, 0.2) is 48.5 Å². The molecule has 3 rings (SSSR count). The number of hydrogen-bond donors (Lipinski definition) is 2. The van der Waals surface area contributed by atoms with E-state index in [1.165, 1.54) is 0 Å². The molecule has 0 fully saturated rings. The second kappa shape index (κ2) is 9.08. The first kappa shape index (κ1) is 20.2. The van der Waals surface area contributed by atoms with Crippen LogP contribution in [0.2, 0.25) is 5.02 Å². The lowest BCUT2D eigenvalue weighted by Gasteiger charge is -2.12. The lowest BCUT2D eigenvalue weighted by atomic mass is 10.2. The van der Waals surface area contributed by atoms with Crippen molar-refractivity contribution >= 4 is 40.3 Å². The van der Waals surface area contributed by atoms with E-state index in [1.807, 2.05) is 74.0 Å². The lowest BCUT2D eigenvalue weighted by Crippen LogP contribution is -2.20. The van der Waals surface area contributed by atoms with Crippen molar-refractivity contribution in [3.8, 4) is 5.75 Å². The van der Waals surface area contributed by atoms with E-state index in [0.717, 1.165) is 39.1 Å². The quantitative estimate of drug-likeness (QED) is 0.528. The second-order valence-electron chi connectivity index (χ2n) is 6.37. The van der Waals surface area contributed by atoms with Gasteiger partial charge in [-0.3, -0.25) is 4.68 Å². The number of ether oxygens (including phenoxy) is 1. The molecule has 1 heterocycles. The fourth-order valence-electron chi connectivity index (χ4n) is 2.87. The van der Waals surface area contributed by atoms with Gasteiger partial charge in [-0.1, -0.05) is 23.7 Å². The van der Waals surface area contributed by atoms with Gasteiger partial charge in [-0.05, 0) is 75.0 Å². The van der Waals surface area contributed by atoms with Crippen LogP contribution in [-0.2, 0) is 6.54 Å². The Hall–Kier alpha value is -2.57. The molecule has 0 radical (unpaired) electrons. The number of nitrogens with zero attached hydrogens (tertiary/aromatic N) is 2. The number of thiocarbonyl (C=S) groups is 1. The van der Waals surface area contributed by atoms with Gasteiger partial charge >= 0.3 is 0 Å². The summed E-state index contributed by atoms with van der Waals surface area (Å²) in [6, 6.07) is 15.5. The van der Waals surface area contributed by atoms with E-state index in [2.05, 4.69) is 15.7 Å². The van der Waals surface area contributed by atoms with Gasteiger partial charge in [-0.2, -0.15) is 5.10 Å². The van der Waals surface area contributed by atoms with Crippen LogP contribution in [-0.4, -0.2) is 21.5 Å². The third-order valence-electron chi connectivity index (χ3n) is 4.29. The van der Waals surface area contributed by atoms with E-state index in [-0.39, 0.29) is 0 Å². The van der Waals surface area contributed by atoms with E-state index in [0.29, 0.717) is 18.3 Å². The molecule has 28 heavy (non-hydrogen) atoms. The van der Waals surface area contributed by atoms with Gasteiger partial charge in [-0.25, -0.2) is 0 Å². The van der Waals surface area contributed by atoms with Crippen molar-refractivity contribution in [1.29, 1.82) is 0 Å². The predicted octanol–water partition coefficient (Wildman–Crippen LogP) is 5.41. The summed E-state index contributed by atoms with van der Waals surface area (Å²) >= 11 is 11.4. The van der Waals surface area contributed by atoms with Crippen LogP contribution >= 0.6 is 23.8 Å². The summed E-state index contributed by atoms with van der Waals surface area (Å²) in [6.07, 6.45) is 0. The molecule has 0 bridgehead atoms. The van der Waals surface area contributed by atoms with Crippen LogP contribution in [0, 0.1) is 13.8 Å². The van der Waals surface area contributed by atoms with Gasteiger partial charge in [0.25, 0.3) is 0 Å². The Bertz CT molecular complexity index is 952. The SMILES string of the molecule is CCOc1ccc(NC(=S)Nc2c(C)nn(Cc3ccc(Cl)cc3)c2C)cc1. The Morgan fingerprint density at radius 2 is 1.75 bits per heavy atom. The summed E-state index contributed by atoms with van der Waals surface area (Å²) in [4.78, 5) is 0. The molecule has 0 spiro atoms. The van der Waals surface area contributed by atoms with E-state index in [9.17, 15) is 0 Å². The number of rotatable bonds is 6. The van der Waals surface area contributed by atoms with E-state index in [4.69, 9.17) is 28.6 Å². The van der Waals surface area contributed by atoms with Crippen LogP contribution in [0.4, 0.5) is 11.4 Å². The Morgan fingerprint density at radius 3 is 2.39 bits per heavy atom. The molecule has 7 heteroatoms. The molecule has 0 saturated heterocycles. The minimum Gasteiger partial charge on any atom is -0.494 e. The topological polar surface area (TPSA) is 51.1 Å². The number of aryl methyl sites for hydroxylation is 1. The van der Waals surface area contributed by atoms with Crippen LogP contribution in [0.25, 0.3) is 0 Å². The highest BCUT2D eigenvalue weighted by Crippen LogP contribution is 2.22. The molecule has 3 aromatic rings. The molecule has 2 aromatic carbocycles. The zero-order chi connectivity index (χ0) is 20.1. The third-order valence-corrected chi connectivity index (χ3v) is 4.74. The van der Waals surface area contributed by atoms with Crippen LogP contribution in [0.5, 0.6) is 5.75 Å². The molecule has 0 amide bonds. The van der Waals surface area contributed by atoms with Crippen molar-refractivity contribution in [1.82, 2.24) is 9.78 Å². The van der Waals surface area contributed by atoms with Gasteiger partial charge < -0.3 is 15.4 Å². The number of anilines is 2. The van der Waals surface area contributed by atoms with E-state index >= 15 is 0 Å². The van der Waals surface area contributed by atoms with Gasteiger partial charge in [0.2, 0.25) is 0 Å². The molecule has 0 aliphatic heterocycles. The molecule has 0 atom stereocenters. The third kappa shape index (κ3) is 5.03. The van der Waals surface area contributed by atoms with Crippen LogP contribution in [0.3, 0.4) is 0 Å². The van der Waals surface area contributed by atoms with Crippen molar-refractivity contribution in [2.45, 2.75) is 27.3 Å². The van der Waals surface area contributed by atoms with Gasteiger partial charge in [0.05, 0.1) is 30.2 Å². The molecule has 1 aromatic heterocycles. The summed E-state index contributed by atoms with van der Waals surface area (Å²) in [5.41, 5.74) is 4.85. The highest BCUT2D eigenvalue weighted by molar-refractivity contribution is 7.80. The summed E-state index contributed by atoms with van der Waals surface area (Å²) in [5, 5.41) is 12.3. The van der Waals surface area contributed by atoms with E-state index in [1.54, 1.807) is 0 Å². The summed E-state index contributed by atoms with van der Waals surface area (Å²) in [5.74, 6) is 0.835. The second-order valence-corrected chi connectivity index (χ2v) is 7.21. The van der Waals surface area contributed by atoms with Crippen molar-refractivity contribution < 1.29 is 4.74 Å². The van der Waals surface area contributed by atoms with Crippen LogP contribution < -0.4 is 15.4 Å². The Morgan fingerprint density at radius 1 is 1.07 bits per heavy atom. The first-order valence-electron chi connectivity index (χ1n) is 9.05. The number of hydrogen-bond acceptors (Lipinski definition) is 3. The average molecular weight is 415 g/mol. The molecule has 0 aliphatic carbocycles. The minimum atomic E-state index is 0.515. The van der Waals surface area contributed by atoms with Gasteiger partial charge in [0, 0.05) is 10.7 Å². The minimum absolute atomic E-state index is 0.515. The molecule has 0 unspecified atom stereocenters. The maximum atomic E-state index is 5.96. The van der Waals surface area contributed by atoms with Gasteiger partial charge in [-0.15, -0.1) is 0 Å². The first-order chi connectivity index (χ1) is 13.5. The first-order valence-corrected chi connectivity index (χ1v) is 9.84. The largest absolute Gasteiger partial charge is 0.494 e. The normalized spacial score (nSPS) is 10.6. The maximum Gasteiger partial charge on any atom is 0.175 e. The summed E-state index contributed by atoms with van der Waals surface area (Å²) < 4.78 is 7.42. The molecule has 146 valence electrons. The zero-order valence-corrected chi connectivity index (χ0v) is 17.7. The fourth-order valence-corrected chi connectivity index (χ4v) is 3.22. The molecular formula is C21H23ClN4OS. The van der Waals surface area contributed by atoms with Crippen molar-refractivity contribution in [2.75, 3.05) is 17.2 Å². The molecule has 0 saturated carbocycles. The van der Waals surface area contributed by atoms with Gasteiger partial charge in [0.1, 0.15) is 5.75 Å². The van der Waals surface area contributed by atoms with Crippen molar-refractivity contribution in [3.05, 3.63) is 70.5 Å². The highest BCUT2D eigenvalue weighted by Gasteiger charge is 2.13. The predicted molar refractivity (Wildman–Crippen MR) is 120 cm³/mol. The standard InChI is InChI=1S/C21H23ClN4OS/c1-4-27-19-11-9-18(10-12-19)23-21(28)24-20-14(2)25-26(15(20)3)13-16-5-7-17(22)8-6-16/h5-12H,4,13H2,1-3H3,(H2,23,24,28).